The lowest BCUT2D eigenvalue weighted by atomic mass is 10.0. The number of hydrogen-bond acceptors (Lipinski definition) is 6. The van der Waals surface area contributed by atoms with Crippen LogP contribution in [0.5, 0.6) is 0 Å². The van der Waals surface area contributed by atoms with E-state index in [1.807, 2.05) is 0 Å². The van der Waals surface area contributed by atoms with Gasteiger partial charge in [0.1, 0.15) is 11.5 Å². The monoisotopic (exact) mass is 378 g/mol. The van der Waals surface area contributed by atoms with Gasteiger partial charge in [-0.1, -0.05) is 0 Å². The Morgan fingerprint density at radius 3 is 2.42 bits per heavy atom. The summed E-state index contributed by atoms with van der Waals surface area (Å²) in [5.74, 6) is -1.78. The summed E-state index contributed by atoms with van der Waals surface area (Å²) in [6, 6.07) is 0.382. The second kappa shape index (κ2) is 7.16. The number of nitrogens with two attached hydrogens (primary N) is 1. The second-order valence-corrected chi connectivity index (χ2v) is 7.91. The van der Waals surface area contributed by atoms with Crippen LogP contribution in [0.3, 0.4) is 0 Å². The number of primary amides is 1. The first-order valence-electron chi connectivity index (χ1n) is 8.59. The van der Waals surface area contributed by atoms with Crippen LogP contribution < -0.4 is 11.1 Å². The van der Waals surface area contributed by atoms with Gasteiger partial charge < -0.3 is 11.1 Å². The number of rotatable bonds is 5. The first kappa shape index (κ1) is 18.5. The van der Waals surface area contributed by atoms with Gasteiger partial charge in [0.25, 0.3) is 5.91 Å². The van der Waals surface area contributed by atoms with Crippen molar-refractivity contribution in [1.29, 1.82) is 0 Å². The third-order valence-electron chi connectivity index (χ3n) is 4.77. The van der Waals surface area contributed by atoms with Gasteiger partial charge in [0.2, 0.25) is 17.7 Å². The highest BCUT2D eigenvalue weighted by molar-refractivity contribution is 7.17. The van der Waals surface area contributed by atoms with E-state index in [0.29, 0.717) is 29.6 Å². The van der Waals surface area contributed by atoms with E-state index in [-0.39, 0.29) is 31.2 Å². The van der Waals surface area contributed by atoms with Crippen LogP contribution in [0.15, 0.2) is 0 Å². The molecule has 0 saturated carbocycles. The summed E-state index contributed by atoms with van der Waals surface area (Å²) < 4.78 is 0. The summed E-state index contributed by atoms with van der Waals surface area (Å²) in [5.41, 5.74) is 6.78. The van der Waals surface area contributed by atoms with E-state index in [1.165, 1.54) is 11.3 Å². The van der Waals surface area contributed by atoms with E-state index >= 15 is 0 Å². The van der Waals surface area contributed by atoms with Gasteiger partial charge in [0, 0.05) is 36.9 Å². The molecule has 0 aromatic carbocycles. The van der Waals surface area contributed by atoms with Gasteiger partial charge in [-0.05, 0) is 25.8 Å². The molecule has 26 heavy (non-hydrogen) atoms. The maximum atomic E-state index is 12.3. The Hall–Kier alpha value is -2.26. The Labute approximate surface area is 155 Å². The van der Waals surface area contributed by atoms with Gasteiger partial charge in [-0.25, -0.2) is 0 Å². The summed E-state index contributed by atoms with van der Waals surface area (Å²) in [5, 5.41) is 3.08. The molecular weight excluding hydrogens is 356 g/mol. The van der Waals surface area contributed by atoms with Gasteiger partial charge >= 0.3 is 0 Å². The predicted octanol–water partition coefficient (Wildman–Crippen LogP) is 0.701. The lowest BCUT2D eigenvalue weighted by molar-refractivity contribution is -0.141. The molecule has 3 N–H and O–H groups in total. The molecule has 9 heteroatoms. The molecule has 4 amide bonds. The quantitative estimate of drug-likeness (QED) is 0.733. The Kier molecular flexibility index (Phi) is 5.10. The van der Waals surface area contributed by atoms with Crippen molar-refractivity contribution in [3.05, 3.63) is 16.0 Å². The molecule has 1 saturated heterocycles. The highest BCUT2D eigenvalue weighted by Gasteiger charge is 2.32. The largest absolute Gasteiger partial charge is 0.365 e. The maximum Gasteiger partial charge on any atom is 0.251 e. The Morgan fingerprint density at radius 1 is 1.19 bits per heavy atom. The Balaban J connectivity index is 1.79. The van der Waals surface area contributed by atoms with Crippen LogP contribution >= 0.6 is 11.3 Å². The van der Waals surface area contributed by atoms with Crippen LogP contribution in [0.2, 0.25) is 0 Å². The highest BCUT2D eigenvalue weighted by atomic mass is 32.1. The number of amides is 4. The van der Waals surface area contributed by atoms with Crippen molar-refractivity contribution in [2.45, 2.75) is 45.7 Å². The van der Waals surface area contributed by atoms with E-state index in [4.69, 9.17) is 5.73 Å². The fourth-order valence-electron chi connectivity index (χ4n) is 3.32. The fraction of sp³-hybridized carbons (Fsp3) is 0.529. The molecule has 8 nitrogen and oxygen atoms in total. The van der Waals surface area contributed by atoms with Crippen molar-refractivity contribution in [2.24, 2.45) is 5.73 Å². The van der Waals surface area contributed by atoms with E-state index in [9.17, 15) is 19.2 Å². The summed E-state index contributed by atoms with van der Waals surface area (Å²) in [6.07, 6.45) is 0.967. The van der Waals surface area contributed by atoms with Crippen molar-refractivity contribution < 1.29 is 19.2 Å². The number of likely N-dealkylation sites (tertiary alicyclic amines) is 1. The zero-order valence-electron chi connectivity index (χ0n) is 14.8. The molecule has 0 aliphatic carbocycles. The molecule has 0 radical (unpaired) electrons. The highest BCUT2D eigenvalue weighted by Crippen LogP contribution is 2.37. The number of nitrogens with one attached hydrogen (secondary N) is 1. The summed E-state index contributed by atoms with van der Waals surface area (Å²) >= 11 is 1.34. The number of imide groups is 1. The topological polar surface area (TPSA) is 113 Å². The van der Waals surface area contributed by atoms with Crippen molar-refractivity contribution in [3.63, 3.8) is 0 Å². The van der Waals surface area contributed by atoms with E-state index in [1.54, 1.807) is 0 Å². The molecule has 3 heterocycles. The first-order chi connectivity index (χ1) is 12.3. The maximum absolute atomic E-state index is 12.3. The molecule has 1 aromatic heterocycles. The zero-order chi connectivity index (χ0) is 19.0. The Bertz CT molecular complexity index is 770. The predicted molar refractivity (Wildman–Crippen MR) is 96.7 cm³/mol. The van der Waals surface area contributed by atoms with E-state index in [0.717, 1.165) is 21.9 Å². The molecular formula is C17H22N4O4S. The molecule has 3 rings (SSSR count). The second-order valence-electron chi connectivity index (χ2n) is 6.81. The average Bonchev–Trinajstić information content (AvgIpc) is 3.08. The SMILES string of the molecule is CC(C)N1CCc2c(sc(NC(=O)CN3C(=O)CCC3=O)c2C(N)=O)C1. The number of carbonyl (C=O) groups is 4. The number of hydrogen-bond donors (Lipinski definition) is 2. The van der Waals surface area contributed by atoms with Gasteiger partial charge in [0.05, 0.1) is 5.56 Å². The summed E-state index contributed by atoms with van der Waals surface area (Å²) in [7, 11) is 0. The van der Waals surface area contributed by atoms with Crippen LogP contribution in [0.1, 0.15) is 47.5 Å². The third-order valence-corrected chi connectivity index (χ3v) is 5.90. The van der Waals surface area contributed by atoms with Gasteiger partial charge in [-0.15, -0.1) is 11.3 Å². The summed E-state index contributed by atoms with van der Waals surface area (Å²) in [6.45, 7) is 5.42. The summed E-state index contributed by atoms with van der Waals surface area (Å²) in [4.78, 5) is 51.8. The number of fused-ring (bicyclic) bond motifs is 1. The number of nitrogens with zero attached hydrogens (tertiary/aromatic N) is 2. The van der Waals surface area contributed by atoms with Crippen molar-refractivity contribution in [1.82, 2.24) is 9.80 Å². The average molecular weight is 378 g/mol. The van der Waals surface area contributed by atoms with Gasteiger partial charge in [-0.3, -0.25) is 29.0 Å². The molecule has 0 unspecified atom stereocenters. The number of anilines is 1. The van der Waals surface area contributed by atoms with Crippen molar-refractivity contribution >= 4 is 40.0 Å². The molecule has 0 bridgehead atoms. The molecule has 1 fully saturated rings. The van der Waals surface area contributed by atoms with Crippen molar-refractivity contribution in [2.75, 3.05) is 18.4 Å². The van der Waals surface area contributed by atoms with E-state index < -0.39 is 11.8 Å². The van der Waals surface area contributed by atoms with Crippen LogP contribution in [-0.2, 0) is 27.3 Å². The van der Waals surface area contributed by atoms with E-state index in [2.05, 4.69) is 24.1 Å². The van der Waals surface area contributed by atoms with Crippen LogP contribution in [0.25, 0.3) is 0 Å². The Morgan fingerprint density at radius 2 is 1.85 bits per heavy atom. The molecule has 140 valence electrons. The minimum atomic E-state index is -0.580. The lowest BCUT2D eigenvalue weighted by Crippen LogP contribution is -2.37. The smallest absolute Gasteiger partial charge is 0.251 e. The zero-order valence-corrected chi connectivity index (χ0v) is 15.6. The molecule has 2 aliphatic heterocycles. The standard InChI is InChI=1S/C17H22N4O4S/c1-9(2)20-6-5-10-11(7-20)26-17(15(10)16(18)25)19-12(22)8-21-13(23)3-4-14(21)24/h9H,3-8H2,1-2H3,(H2,18,25)(H,19,22). The normalized spacial score (nSPS) is 17.7. The third kappa shape index (κ3) is 3.49. The van der Waals surface area contributed by atoms with Gasteiger partial charge in [-0.2, -0.15) is 0 Å². The molecule has 0 spiro atoms. The fourth-order valence-corrected chi connectivity index (χ4v) is 4.62. The van der Waals surface area contributed by atoms with Crippen LogP contribution in [-0.4, -0.2) is 52.6 Å². The molecule has 1 aromatic rings. The minimum Gasteiger partial charge on any atom is -0.365 e. The minimum absolute atomic E-state index is 0.136. The molecule has 2 aliphatic rings. The number of carbonyl (C=O) groups excluding carboxylic acids is 4. The first-order valence-corrected chi connectivity index (χ1v) is 9.41. The lowest BCUT2D eigenvalue weighted by Gasteiger charge is -2.30. The number of thiophene rings is 1. The van der Waals surface area contributed by atoms with Gasteiger partial charge in [0.15, 0.2) is 0 Å². The molecule has 0 atom stereocenters. The van der Waals surface area contributed by atoms with Crippen LogP contribution in [0.4, 0.5) is 5.00 Å². The van der Waals surface area contributed by atoms with Crippen molar-refractivity contribution in [3.8, 4) is 0 Å². The van der Waals surface area contributed by atoms with Crippen LogP contribution in [0, 0.1) is 0 Å².